The molecule has 21 heavy (non-hydrogen) atoms. The molecule has 8 nitrogen and oxygen atoms in total. The Morgan fingerprint density at radius 2 is 2.10 bits per heavy atom. The van der Waals surface area contributed by atoms with Gasteiger partial charge >= 0.3 is 12.0 Å². The number of amides is 2. The van der Waals surface area contributed by atoms with Crippen molar-refractivity contribution in [2.24, 2.45) is 7.05 Å². The van der Waals surface area contributed by atoms with Gasteiger partial charge in [0.25, 0.3) is 0 Å². The van der Waals surface area contributed by atoms with E-state index in [-0.39, 0.29) is 11.3 Å². The molecule has 110 valence electrons. The van der Waals surface area contributed by atoms with Crippen LogP contribution in [0.5, 0.6) is 0 Å². The third-order valence-electron chi connectivity index (χ3n) is 2.69. The van der Waals surface area contributed by atoms with Gasteiger partial charge in [0, 0.05) is 20.0 Å². The Morgan fingerprint density at radius 3 is 2.76 bits per heavy atom. The summed E-state index contributed by atoms with van der Waals surface area (Å²) in [6.07, 6.45) is 2.08. The first kappa shape index (κ1) is 14.5. The van der Waals surface area contributed by atoms with Gasteiger partial charge in [0.15, 0.2) is 5.82 Å². The number of rotatable bonds is 5. The maximum Gasteiger partial charge on any atom is 0.337 e. The van der Waals surface area contributed by atoms with E-state index < -0.39 is 12.0 Å². The number of carboxylic acids is 1. The Balaban J connectivity index is 1.86. The quantitative estimate of drug-likeness (QED) is 0.757. The summed E-state index contributed by atoms with van der Waals surface area (Å²) >= 11 is 0. The van der Waals surface area contributed by atoms with Crippen molar-refractivity contribution in [1.82, 2.24) is 20.1 Å². The monoisotopic (exact) mass is 289 g/mol. The van der Waals surface area contributed by atoms with Crippen molar-refractivity contribution in [1.29, 1.82) is 0 Å². The molecule has 1 aromatic carbocycles. The average molecular weight is 289 g/mol. The molecule has 1 heterocycles. The van der Waals surface area contributed by atoms with Crippen molar-refractivity contribution >= 4 is 17.7 Å². The lowest BCUT2D eigenvalue weighted by molar-refractivity contribution is 0.0698. The predicted octanol–water partition coefficient (Wildman–Crippen LogP) is 0.877. The Hall–Kier alpha value is -2.90. The van der Waals surface area contributed by atoms with Crippen LogP contribution in [0, 0.1) is 0 Å². The van der Waals surface area contributed by atoms with E-state index in [1.807, 2.05) is 0 Å². The van der Waals surface area contributed by atoms with E-state index in [4.69, 9.17) is 5.11 Å². The Kier molecular flexibility index (Phi) is 4.50. The van der Waals surface area contributed by atoms with Crippen molar-refractivity contribution in [2.45, 2.75) is 6.42 Å². The van der Waals surface area contributed by atoms with Crippen LogP contribution in [0.15, 0.2) is 30.6 Å². The van der Waals surface area contributed by atoms with Crippen LogP contribution < -0.4 is 10.6 Å². The van der Waals surface area contributed by atoms with Crippen LogP contribution in [-0.2, 0) is 13.5 Å². The Morgan fingerprint density at radius 1 is 1.33 bits per heavy atom. The molecule has 0 fully saturated rings. The molecule has 0 radical (unpaired) electrons. The van der Waals surface area contributed by atoms with Gasteiger partial charge in [-0.05, 0) is 12.1 Å². The second-order valence-corrected chi connectivity index (χ2v) is 4.32. The SMILES string of the molecule is Cn1cnc(CCNC(=O)Nc2ccccc2C(=O)O)n1. The van der Waals surface area contributed by atoms with E-state index in [1.54, 1.807) is 30.2 Å². The van der Waals surface area contributed by atoms with Gasteiger partial charge in [-0.3, -0.25) is 4.68 Å². The second kappa shape index (κ2) is 6.51. The molecule has 0 spiro atoms. The normalized spacial score (nSPS) is 10.1. The number of anilines is 1. The summed E-state index contributed by atoms with van der Waals surface area (Å²) in [5, 5.41) is 18.2. The zero-order valence-electron chi connectivity index (χ0n) is 11.4. The lowest BCUT2D eigenvalue weighted by Crippen LogP contribution is -2.31. The fourth-order valence-electron chi connectivity index (χ4n) is 1.73. The third-order valence-corrected chi connectivity index (χ3v) is 2.69. The largest absolute Gasteiger partial charge is 0.478 e. The molecule has 0 saturated carbocycles. The third kappa shape index (κ3) is 4.03. The van der Waals surface area contributed by atoms with Crippen LogP contribution >= 0.6 is 0 Å². The van der Waals surface area contributed by atoms with Crippen LogP contribution in [0.4, 0.5) is 10.5 Å². The lowest BCUT2D eigenvalue weighted by atomic mass is 10.2. The number of aromatic carboxylic acids is 1. The van der Waals surface area contributed by atoms with E-state index in [9.17, 15) is 9.59 Å². The van der Waals surface area contributed by atoms with Gasteiger partial charge in [0.05, 0.1) is 11.3 Å². The maximum absolute atomic E-state index is 11.7. The first-order valence-electron chi connectivity index (χ1n) is 6.28. The van der Waals surface area contributed by atoms with E-state index in [0.717, 1.165) is 0 Å². The second-order valence-electron chi connectivity index (χ2n) is 4.32. The van der Waals surface area contributed by atoms with Gasteiger partial charge in [0.1, 0.15) is 6.33 Å². The van der Waals surface area contributed by atoms with Crippen molar-refractivity contribution in [3.05, 3.63) is 42.0 Å². The summed E-state index contributed by atoms with van der Waals surface area (Å²) in [5.41, 5.74) is 0.289. The highest BCUT2D eigenvalue weighted by atomic mass is 16.4. The first-order chi connectivity index (χ1) is 10.1. The maximum atomic E-state index is 11.7. The highest BCUT2D eigenvalue weighted by molar-refractivity contribution is 5.99. The molecule has 0 saturated heterocycles. The number of hydrogen-bond acceptors (Lipinski definition) is 4. The number of benzene rings is 1. The minimum atomic E-state index is -1.09. The standard InChI is InChI=1S/C13H15N5O3/c1-18-8-15-11(17-18)6-7-14-13(21)16-10-5-3-2-4-9(10)12(19)20/h2-5,8H,6-7H2,1H3,(H,19,20)(H2,14,16,21). The van der Waals surface area contributed by atoms with Crippen molar-refractivity contribution in [3.8, 4) is 0 Å². The number of carbonyl (C=O) groups is 2. The van der Waals surface area contributed by atoms with Crippen LogP contribution in [0.2, 0.25) is 0 Å². The number of carboxylic acid groups (broad SMARTS) is 1. The van der Waals surface area contributed by atoms with Gasteiger partial charge in [-0.15, -0.1) is 0 Å². The molecule has 0 unspecified atom stereocenters. The van der Waals surface area contributed by atoms with Crippen molar-refractivity contribution in [3.63, 3.8) is 0 Å². The summed E-state index contributed by atoms with van der Waals surface area (Å²) in [6, 6.07) is 5.73. The summed E-state index contributed by atoms with van der Waals surface area (Å²) in [5.74, 6) is -0.465. The minimum absolute atomic E-state index is 0.0408. The number of aryl methyl sites for hydroxylation is 1. The van der Waals surface area contributed by atoms with E-state index in [0.29, 0.717) is 18.8 Å². The van der Waals surface area contributed by atoms with Crippen LogP contribution in [-0.4, -0.2) is 38.4 Å². The van der Waals surface area contributed by atoms with Crippen LogP contribution in [0.1, 0.15) is 16.2 Å². The van der Waals surface area contributed by atoms with Crippen molar-refractivity contribution in [2.75, 3.05) is 11.9 Å². The zero-order valence-corrected chi connectivity index (χ0v) is 11.4. The van der Waals surface area contributed by atoms with Gasteiger partial charge in [-0.1, -0.05) is 12.1 Å². The molecule has 0 bridgehead atoms. The summed E-state index contributed by atoms with van der Waals surface area (Å²) in [4.78, 5) is 26.8. The Bertz CT molecular complexity index is 653. The number of urea groups is 1. The zero-order chi connectivity index (χ0) is 15.2. The number of para-hydroxylation sites is 1. The topological polar surface area (TPSA) is 109 Å². The molecule has 3 N–H and O–H groups in total. The number of hydrogen-bond donors (Lipinski definition) is 3. The molecule has 8 heteroatoms. The van der Waals surface area contributed by atoms with E-state index >= 15 is 0 Å². The number of carbonyl (C=O) groups excluding carboxylic acids is 1. The molecule has 2 amide bonds. The molecule has 1 aromatic heterocycles. The van der Waals surface area contributed by atoms with Gasteiger partial charge in [-0.2, -0.15) is 5.10 Å². The molecule has 2 rings (SSSR count). The highest BCUT2D eigenvalue weighted by Gasteiger charge is 2.11. The van der Waals surface area contributed by atoms with Gasteiger partial charge in [0.2, 0.25) is 0 Å². The predicted molar refractivity (Wildman–Crippen MR) is 75.1 cm³/mol. The van der Waals surface area contributed by atoms with Crippen LogP contribution in [0.25, 0.3) is 0 Å². The van der Waals surface area contributed by atoms with Gasteiger partial charge < -0.3 is 15.7 Å². The molecule has 0 aliphatic heterocycles. The first-order valence-corrected chi connectivity index (χ1v) is 6.28. The molecule has 0 atom stereocenters. The molecule has 0 aliphatic rings. The fourth-order valence-corrected chi connectivity index (χ4v) is 1.73. The number of aromatic nitrogens is 3. The summed E-state index contributed by atoms with van der Waals surface area (Å²) in [6.45, 7) is 0.352. The molecule has 0 aliphatic carbocycles. The average Bonchev–Trinajstić information content (AvgIpc) is 2.85. The Labute approximate surface area is 120 Å². The summed E-state index contributed by atoms with van der Waals surface area (Å²) < 4.78 is 1.58. The minimum Gasteiger partial charge on any atom is -0.478 e. The number of nitrogens with zero attached hydrogens (tertiary/aromatic N) is 3. The molecular weight excluding hydrogens is 274 g/mol. The van der Waals surface area contributed by atoms with E-state index in [1.165, 1.54) is 12.1 Å². The van der Waals surface area contributed by atoms with Gasteiger partial charge in [-0.25, -0.2) is 14.6 Å². The van der Waals surface area contributed by atoms with Crippen molar-refractivity contribution < 1.29 is 14.7 Å². The summed E-state index contributed by atoms with van der Waals surface area (Å²) in [7, 11) is 1.76. The molecular formula is C13H15N5O3. The number of nitrogens with one attached hydrogen (secondary N) is 2. The fraction of sp³-hybridized carbons (Fsp3) is 0.231. The lowest BCUT2D eigenvalue weighted by Gasteiger charge is -2.09. The molecule has 2 aromatic rings. The highest BCUT2D eigenvalue weighted by Crippen LogP contribution is 2.14. The van der Waals surface area contributed by atoms with E-state index in [2.05, 4.69) is 20.7 Å². The smallest absolute Gasteiger partial charge is 0.337 e. The van der Waals surface area contributed by atoms with Crippen LogP contribution in [0.3, 0.4) is 0 Å².